The van der Waals surface area contributed by atoms with E-state index < -0.39 is 16.6 Å². The molecular formula is C33H53N5O5SSi2. The summed E-state index contributed by atoms with van der Waals surface area (Å²) in [5.41, 5.74) is 2.11. The quantitative estimate of drug-likeness (QED) is 0.183. The summed E-state index contributed by atoms with van der Waals surface area (Å²) >= 11 is 1.73. The molecule has 46 heavy (non-hydrogen) atoms. The van der Waals surface area contributed by atoms with Gasteiger partial charge in [-0.25, -0.2) is 9.97 Å². The van der Waals surface area contributed by atoms with Crippen molar-refractivity contribution in [2.45, 2.75) is 109 Å². The third kappa shape index (κ3) is 8.78. The van der Waals surface area contributed by atoms with Gasteiger partial charge in [-0.2, -0.15) is 16.7 Å². The van der Waals surface area contributed by atoms with Crippen LogP contribution in [0.25, 0.3) is 11.2 Å². The van der Waals surface area contributed by atoms with Gasteiger partial charge in [-0.05, 0) is 60.4 Å². The number of para-hydroxylation sites is 1. The van der Waals surface area contributed by atoms with Crippen molar-refractivity contribution in [3.05, 3.63) is 42.4 Å². The first-order valence-electron chi connectivity index (χ1n) is 16.1. The third-order valence-corrected chi connectivity index (χ3v) is 19.2. The maximum absolute atomic E-state index is 12.9. The van der Waals surface area contributed by atoms with Gasteiger partial charge >= 0.3 is 0 Å². The monoisotopic (exact) mass is 687 g/mol. The molecule has 13 heteroatoms. The highest BCUT2D eigenvalue weighted by Gasteiger charge is 2.47. The summed E-state index contributed by atoms with van der Waals surface area (Å²) in [4.78, 5) is 27.1. The molecule has 0 bridgehead atoms. The SMILES string of the molecule is CSCCc1nc(NC(=O)COc2ccccc2)nc2c1ncn2[C@H]1C[C@H](O[Si](C)(C)C(C)(C)C)[C@@H](CO[Si](C)(C)C(C)(C)C)O1. The Morgan fingerprint density at radius 3 is 2.35 bits per heavy atom. The summed E-state index contributed by atoms with van der Waals surface area (Å²) in [6, 6.07) is 9.24. The van der Waals surface area contributed by atoms with Crippen LogP contribution in [0.3, 0.4) is 0 Å². The van der Waals surface area contributed by atoms with E-state index >= 15 is 0 Å². The van der Waals surface area contributed by atoms with Gasteiger partial charge in [0.25, 0.3) is 5.91 Å². The van der Waals surface area contributed by atoms with Crippen LogP contribution in [0.2, 0.25) is 36.3 Å². The average molecular weight is 688 g/mol. The van der Waals surface area contributed by atoms with E-state index in [2.05, 4.69) is 79.3 Å². The Labute approximate surface area is 281 Å². The van der Waals surface area contributed by atoms with Gasteiger partial charge in [0.2, 0.25) is 5.95 Å². The predicted octanol–water partition coefficient (Wildman–Crippen LogP) is 7.45. The lowest BCUT2D eigenvalue weighted by Crippen LogP contribution is -2.48. The molecule has 2 aromatic heterocycles. The van der Waals surface area contributed by atoms with E-state index in [1.807, 2.05) is 34.9 Å². The zero-order valence-electron chi connectivity index (χ0n) is 29.5. The van der Waals surface area contributed by atoms with Crippen molar-refractivity contribution in [1.82, 2.24) is 19.5 Å². The van der Waals surface area contributed by atoms with Crippen LogP contribution in [-0.2, 0) is 24.8 Å². The molecule has 1 aliphatic heterocycles. The van der Waals surface area contributed by atoms with E-state index in [0.717, 1.165) is 11.4 Å². The summed E-state index contributed by atoms with van der Waals surface area (Å²) in [5.74, 6) is 1.36. The molecule has 1 amide bonds. The molecule has 0 radical (unpaired) electrons. The van der Waals surface area contributed by atoms with Gasteiger partial charge in [0, 0.05) is 12.8 Å². The number of nitrogens with one attached hydrogen (secondary N) is 1. The number of imidazole rings is 1. The topological polar surface area (TPSA) is 110 Å². The number of anilines is 1. The Morgan fingerprint density at radius 1 is 1.04 bits per heavy atom. The zero-order chi connectivity index (χ0) is 33.9. The fourth-order valence-electron chi connectivity index (χ4n) is 4.65. The van der Waals surface area contributed by atoms with Gasteiger partial charge < -0.3 is 18.3 Å². The largest absolute Gasteiger partial charge is 0.484 e. The molecule has 3 atom stereocenters. The number of carbonyl (C=O) groups excluding carboxylic acids is 1. The number of aryl methyl sites for hydroxylation is 1. The van der Waals surface area contributed by atoms with Crippen LogP contribution in [0.1, 0.15) is 59.9 Å². The second kappa shape index (κ2) is 14.4. The van der Waals surface area contributed by atoms with Crippen LogP contribution in [-0.4, -0.2) is 79.5 Å². The smallest absolute Gasteiger partial charge is 0.264 e. The second-order valence-corrected chi connectivity index (χ2v) is 25.6. The minimum absolute atomic E-state index is 0.0500. The van der Waals surface area contributed by atoms with Gasteiger partial charge in [0.15, 0.2) is 28.9 Å². The molecule has 10 nitrogen and oxygen atoms in total. The van der Waals surface area contributed by atoms with Gasteiger partial charge in [-0.1, -0.05) is 59.7 Å². The molecule has 3 heterocycles. The van der Waals surface area contributed by atoms with Crippen molar-refractivity contribution in [2.75, 3.05) is 30.5 Å². The van der Waals surface area contributed by atoms with Crippen LogP contribution >= 0.6 is 11.8 Å². The minimum Gasteiger partial charge on any atom is -0.484 e. The maximum Gasteiger partial charge on any atom is 0.264 e. The minimum atomic E-state index is -2.11. The standard InChI is InChI=1S/C33H53N5O5SSi2/c1-32(2,3)45(8,9)41-20-26-25(43-46(10,11)33(4,5)6)19-28(42-26)38-22-34-29-24(17-18-44-7)35-31(37-30(29)38)36-27(39)21-40-23-15-13-12-14-16-23/h12-16,22,25-26,28H,17-21H2,1-11H3,(H,35,36,37,39)/t25-,26+,28+/m0/s1. The summed E-state index contributed by atoms with van der Waals surface area (Å²) in [5, 5.41) is 2.97. The molecule has 0 spiro atoms. The predicted molar refractivity (Wildman–Crippen MR) is 192 cm³/mol. The summed E-state index contributed by atoms with van der Waals surface area (Å²) in [7, 11) is -4.13. The number of nitrogens with zero attached hydrogens (tertiary/aromatic N) is 4. The van der Waals surface area contributed by atoms with Crippen LogP contribution < -0.4 is 10.1 Å². The first kappa shape index (κ1) is 36.5. The second-order valence-electron chi connectivity index (χ2n) is 15.1. The summed E-state index contributed by atoms with van der Waals surface area (Å²) in [6.45, 7) is 22.9. The number of carbonyl (C=O) groups is 1. The molecule has 1 aromatic carbocycles. The molecule has 0 saturated carbocycles. The third-order valence-electron chi connectivity index (χ3n) is 9.56. The first-order valence-corrected chi connectivity index (χ1v) is 23.3. The molecule has 254 valence electrons. The molecule has 4 rings (SSSR count). The highest BCUT2D eigenvalue weighted by atomic mass is 32.2. The number of fused-ring (bicyclic) bond motifs is 1. The number of benzene rings is 1. The van der Waals surface area contributed by atoms with E-state index in [1.54, 1.807) is 18.1 Å². The maximum atomic E-state index is 12.9. The fraction of sp³-hybridized carbons (Fsp3) is 0.636. The molecule has 1 aliphatic rings. The number of thioether (sulfide) groups is 1. The van der Waals surface area contributed by atoms with Crippen molar-refractivity contribution >= 4 is 51.4 Å². The molecular weight excluding hydrogens is 635 g/mol. The number of ether oxygens (including phenoxy) is 2. The molecule has 0 aliphatic carbocycles. The Hall–Kier alpha value is -2.30. The molecule has 1 fully saturated rings. The lowest BCUT2D eigenvalue weighted by Gasteiger charge is -2.40. The molecule has 0 unspecified atom stereocenters. The van der Waals surface area contributed by atoms with Crippen LogP contribution in [0.5, 0.6) is 5.75 Å². The zero-order valence-corrected chi connectivity index (χ0v) is 32.3. The Kier molecular flexibility index (Phi) is 11.5. The average Bonchev–Trinajstić information content (AvgIpc) is 3.56. The fourth-order valence-corrected chi connectivity index (χ4v) is 7.42. The lowest BCUT2D eigenvalue weighted by atomic mass is 10.2. The molecule has 1 N–H and O–H groups in total. The Balaban J connectivity index is 1.62. The van der Waals surface area contributed by atoms with Gasteiger partial charge in [0.1, 0.15) is 23.6 Å². The van der Waals surface area contributed by atoms with E-state index in [1.165, 1.54) is 0 Å². The number of rotatable bonds is 13. The number of hydrogen-bond donors (Lipinski definition) is 1. The van der Waals surface area contributed by atoms with Gasteiger partial charge in [-0.15, -0.1) is 0 Å². The van der Waals surface area contributed by atoms with Crippen molar-refractivity contribution in [1.29, 1.82) is 0 Å². The van der Waals surface area contributed by atoms with Crippen LogP contribution in [0.15, 0.2) is 36.7 Å². The van der Waals surface area contributed by atoms with E-state index in [0.29, 0.717) is 36.4 Å². The van der Waals surface area contributed by atoms with E-state index in [9.17, 15) is 4.79 Å². The van der Waals surface area contributed by atoms with Gasteiger partial charge in [-0.3, -0.25) is 14.7 Å². The molecule has 3 aromatic rings. The van der Waals surface area contributed by atoms with Crippen molar-refractivity contribution in [3.63, 3.8) is 0 Å². The van der Waals surface area contributed by atoms with Gasteiger partial charge in [0.05, 0.1) is 24.7 Å². The van der Waals surface area contributed by atoms with Crippen LogP contribution in [0.4, 0.5) is 5.95 Å². The Morgan fingerprint density at radius 2 is 1.72 bits per heavy atom. The number of aromatic nitrogens is 4. The van der Waals surface area contributed by atoms with Crippen molar-refractivity contribution in [2.24, 2.45) is 0 Å². The van der Waals surface area contributed by atoms with E-state index in [4.69, 9.17) is 33.3 Å². The normalized spacial score (nSPS) is 19.5. The lowest BCUT2D eigenvalue weighted by molar-refractivity contribution is -0.118. The highest BCUT2D eigenvalue weighted by molar-refractivity contribution is 7.98. The van der Waals surface area contributed by atoms with Crippen molar-refractivity contribution < 1.29 is 23.1 Å². The Bertz CT molecular complexity index is 1470. The highest BCUT2D eigenvalue weighted by Crippen LogP contribution is 2.43. The van der Waals surface area contributed by atoms with E-state index in [-0.39, 0.29) is 47.0 Å². The number of amides is 1. The summed E-state index contributed by atoms with van der Waals surface area (Å²) in [6.07, 6.45) is 4.42. The molecule has 1 saturated heterocycles. The van der Waals surface area contributed by atoms with Crippen LogP contribution in [0, 0.1) is 0 Å². The first-order chi connectivity index (χ1) is 21.4. The summed E-state index contributed by atoms with van der Waals surface area (Å²) < 4.78 is 28.0. The van der Waals surface area contributed by atoms with Crippen molar-refractivity contribution in [3.8, 4) is 5.75 Å². The number of hydrogen-bond acceptors (Lipinski definition) is 9.